The SMILES string of the molecule is Cc1ccc(Oc2ccc(/C(N)=N/O)c(Br)c2F)c(C)c1. The smallest absolute Gasteiger partial charge is 0.180 e. The summed E-state index contributed by atoms with van der Waals surface area (Å²) in [5.41, 5.74) is 7.73. The van der Waals surface area contributed by atoms with Gasteiger partial charge in [-0.1, -0.05) is 22.9 Å². The predicted molar refractivity (Wildman–Crippen MR) is 82.6 cm³/mol. The molecule has 0 saturated heterocycles. The fourth-order valence-corrected chi connectivity index (χ4v) is 2.43. The average Bonchev–Trinajstić information content (AvgIpc) is 2.46. The second-order valence-electron chi connectivity index (χ2n) is 4.60. The first-order valence-electron chi connectivity index (χ1n) is 6.15. The third-order valence-corrected chi connectivity index (χ3v) is 3.76. The summed E-state index contributed by atoms with van der Waals surface area (Å²) in [7, 11) is 0. The molecule has 0 amide bonds. The molecule has 2 aromatic rings. The third-order valence-electron chi connectivity index (χ3n) is 2.98. The number of nitrogens with two attached hydrogens (primary N) is 1. The summed E-state index contributed by atoms with van der Waals surface area (Å²) in [5.74, 6) is -0.163. The largest absolute Gasteiger partial charge is 0.454 e. The Balaban J connectivity index is 2.40. The van der Waals surface area contributed by atoms with E-state index in [4.69, 9.17) is 15.7 Å². The lowest BCUT2D eigenvalue weighted by molar-refractivity contribution is 0.318. The minimum absolute atomic E-state index is 0.0586. The molecule has 0 aliphatic heterocycles. The summed E-state index contributed by atoms with van der Waals surface area (Å²) in [6.45, 7) is 3.86. The van der Waals surface area contributed by atoms with Crippen LogP contribution in [0.1, 0.15) is 16.7 Å². The third kappa shape index (κ3) is 3.16. The van der Waals surface area contributed by atoms with Crippen molar-refractivity contribution in [2.75, 3.05) is 0 Å². The molecule has 4 nitrogen and oxygen atoms in total. The highest BCUT2D eigenvalue weighted by molar-refractivity contribution is 9.10. The Morgan fingerprint density at radius 3 is 2.52 bits per heavy atom. The average molecular weight is 353 g/mol. The van der Waals surface area contributed by atoms with E-state index in [1.165, 1.54) is 12.1 Å². The summed E-state index contributed by atoms with van der Waals surface area (Å²) in [4.78, 5) is 0. The zero-order chi connectivity index (χ0) is 15.6. The zero-order valence-corrected chi connectivity index (χ0v) is 13.1. The van der Waals surface area contributed by atoms with Crippen LogP contribution in [0.2, 0.25) is 0 Å². The number of nitrogens with zero attached hydrogens (tertiary/aromatic N) is 1. The number of benzene rings is 2. The van der Waals surface area contributed by atoms with Crippen molar-refractivity contribution >= 4 is 21.8 Å². The minimum atomic E-state index is -0.612. The van der Waals surface area contributed by atoms with Gasteiger partial charge in [0.2, 0.25) is 0 Å². The van der Waals surface area contributed by atoms with Gasteiger partial charge in [-0.15, -0.1) is 0 Å². The molecule has 21 heavy (non-hydrogen) atoms. The first-order valence-corrected chi connectivity index (χ1v) is 6.94. The Kier molecular flexibility index (Phi) is 4.47. The van der Waals surface area contributed by atoms with Crippen LogP contribution in [-0.2, 0) is 0 Å². The first kappa shape index (κ1) is 15.3. The molecule has 6 heteroatoms. The Bertz CT molecular complexity index is 717. The minimum Gasteiger partial charge on any atom is -0.454 e. The van der Waals surface area contributed by atoms with E-state index in [9.17, 15) is 4.39 Å². The maximum absolute atomic E-state index is 14.3. The number of hydrogen-bond donors (Lipinski definition) is 2. The summed E-state index contributed by atoms with van der Waals surface area (Å²) in [6, 6.07) is 8.58. The molecule has 0 atom stereocenters. The van der Waals surface area contributed by atoms with Gasteiger partial charge in [0, 0.05) is 5.56 Å². The maximum Gasteiger partial charge on any atom is 0.180 e. The lowest BCUT2D eigenvalue weighted by Crippen LogP contribution is -2.14. The number of hydrogen-bond acceptors (Lipinski definition) is 3. The van der Waals surface area contributed by atoms with E-state index >= 15 is 0 Å². The summed E-state index contributed by atoms with van der Waals surface area (Å²) in [6.07, 6.45) is 0. The molecule has 0 heterocycles. The van der Waals surface area contributed by atoms with Crippen molar-refractivity contribution in [3.8, 4) is 11.5 Å². The van der Waals surface area contributed by atoms with Gasteiger partial charge in [-0.05, 0) is 53.5 Å². The molecule has 0 aliphatic carbocycles. The molecule has 0 radical (unpaired) electrons. The summed E-state index contributed by atoms with van der Waals surface area (Å²) < 4.78 is 20.0. The molecule has 0 unspecified atom stereocenters. The highest BCUT2D eigenvalue weighted by Gasteiger charge is 2.16. The van der Waals surface area contributed by atoms with E-state index in [1.807, 2.05) is 26.0 Å². The molecule has 3 N–H and O–H groups in total. The van der Waals surface area contributed by atoms with Crippen molar-refractivity contribution in [3.05, 3.63) is 57.3 Å². The van der Waals surface area contributed by atoms with Gasteiger partial charge in [0.1, 0.15) is 5.75 Å². The molecule has 2 aromatic carbocycles. The van der Waals surface area contributed by atoms with E-state index < -0.39 is 5.82 Å². The number of halogens is 2. The number of aryl methyl sites for hydroxylation is 2. The molecular weight excluding hydrogens is 339 g/mol. The topological polar surface area (TPSA) is 67.8 Å². The maximum atomic E-state index is 14.3. The van der Waals surface area contributed by atoms with Gasteiger partial charge in [0.15, 0.2) is 17.4 Å². The van der Waals surface area contributed by atoms with Crippen LogP contribution < -0.4 is 10.5 Å². The Morgan fingerprint density at radius 1 is 1.24 bits per heavy atom. The molecule has 110 valence electrons. The van der Waals surface area contributed by atoms with Gasteiger partial charge in [-0.25, -0.2) is 4.39 Å². The Morgan fingerprint density at radius 2 is 1.90 bits per heavy atom. The van der Waals surface area contributed by atoms with E-state index in [0.717, 1.165) is 11.1 Å². The molecule has 0 aliphatic rings. The highest BCUT2D eigenvalue weighted by Crippen LogP contribution is 2.33. The quantitative estimate of drug-likeness (QED) is 0.378. The van der Waals surface area contributed by atoms with E-state index in [-0.39, 0.29) is 21.6 Å². The van der Waals surface area contributed by atoms with Crippen LogP contribution in [0.3, 0.4) is 0 Å². The van der Waals surface area contributed by atoms with Gasteiger partial charge in [0.05, 0.1) is 4.47 Å². The van der Waals surface area contributed by atoms with Gasteiger partial charge in [-0.2, -0.15) is 0 Å². The van der Waals surface area contributed by atoms with Crippen LogP contribution in [0.15, 0.2) is 40.0 Å². The molecule has 0 spiro atoms. The Labute approximate surface area is 130 Å². The van der Waals surface area contributed by atoms with Crippen molar-refractivity contribution in [1.29, 1.82) is 0 Å². The monoisotopic (exact) mass is 352 g/mol. The van der Waals surface area contributed by atoms with Gasteiger partial charge in [0.25, 0.3) is 0 Å². The van der Waals surface area contributed by atoms with Crippen molar-refractivity contribution in [3.63, 3.8) is 0 Å². The summed E-state index contributed by atoms with van der Waals surface area (Å²) >= 11 is 3.09. The molecule has 0 fully saturated rings. The predicted octanol–water partition coefficient (Wildman–Crippen LogP) is 4.09. The van der Waals surface area contributed by atoms with Gasteiger partial charge < -0.3 is 15.7 Å². The first-order chi connectivity index (χ1) is 9.93. The van der Waals surface area contributed by atoms with Crippen LogP contribution in [0.4, 0.5) is 4.39 Å². The summed E-state index contributed by atoms with van der Waals surface area (Å²) in [5, 5.41) is 11.5. The molecule has 2 rings (SSSR count). The van der Waals surface area contributed by atoms with Crippen LogP contribution >= 0.6 is 15.9 Å². The van der Waals surface area contributed by atoms with Crippen molar-refractivity contribution in [2.45, 2.75) is 13.8 Å². The van der Waals surface area contributed by atoms with Crippen molar-refractivity contribution < 1.29 is 14.3 Å². The molecule has 0 saturated carbocycles. The van der Waals surface area contributed by atoms with Gasteiger partial charge in [-0.3, -0.25) is 0 Å². The molecule has 0 aromatic heterocycles. The normalized spacial score (nSPS) is 11.5. The second-order valence-corrected chi connectivity index (χ2v) is 5.39. The zero-order valence-electron chi connectivity index (χ0n) is 11.5. The van der Waals surface area contributed by atoms with Crippen LogP contribution in [0.5, 0.6) is 11.5 Å². The molecular formula is C15H14BrFN2O2. The second kappa shape index (κ2) is 6.13. The van der Waals surface area contributed by atoms with Gasteiger partial charge >= 0.3 is 0 Å². The number of amidine groups is 1. The fraction of sp³-hybridized carbons (Fsp3) is 0.133. The standard InChI is InChI=1S/C15H14BrFN2O2/c1-8-3-5-11(9(2)7-8)21-12-6-4-10(15(18)19-20)13(16)14(12)17/h3-7,20H,1-2H3,(H2,18,19). The number of ether oxygens (including phenoxy) is 1. The number of rotatable bonds is 3. The lowest BCUT2D eigenvalue weighted by atomic mass is 10.1. The number of oxime groups is 1. The van der Waals surface area contributed by atoms with Crippen molar-refractivity contribution in [1.82, 2.24) is 0 Å². The molecule has 0 bridgehead atoms. The van der Waals surface area contributed by atoms with Crippen LogP contribution in [-0.4, -0.2) is 11.0 Å². The van der Waals surface area contributed by atoms with E-state index in [2.05, 4.69) is 21.1 Å². The van der Waals surface area contributed by atoms with Crippen molar-refractivity contribution in [2.24, 2.45) is 10.9 Å². The Hall–Kier alpha value is -2.08. The lowest BCUT2D eigenvalue weighted by Gasteiger charge is -2.12. The van der Waals surface area contributed by atoms with Crippen LogP contribution in [0.25, 0.3) is 0 Å². The van der Waals surface area contributed by atoms with E-state index in [1.54, 1.807) is 6.07 Å². The highest BCUT2D eigenvalue weighted by atomic mass is 79.9. The fourth-order valence-electron chi connectivity index (χ4n) is 1.89. The van der Waals surface area contributed by atoms with Crippen LogP contribution in [0, 0.1) is 19.7 Å². The van der Waals surface area contributed by atoms with E-state index in [0.29, 0.717) is 5.75 Å².